The number of ether oxygens (including phenoxy) is 8. The van der Waals surface area contributed by atoms with Crippen molar-refractivity contribution in [1.29, 1.82) is 5.26 Å². The molecule has 9 aliphatic rings. The molecule has 45 atom stereocenters. The molecule has 8 saturated heterocycles. The minimum absolute atomic E-state index is 0. The number of thioether (sulfide) groups is 1. The van der Waals surface area contributed by atoms with E-state index in [1.54, 1.807) is 13.0 Å². The average molecular weight is 4380 g/mol. The molecule has 13 N–H and O–H groups in total. The van der Waals surface area contributed by atoms with Crippen LogP contribution in [0.3, 0.4) is 0 Å². The van der Waals surface area contributed by atoms with E-state index >= 15 is 0 Å². The van der Waals surface area contributed by atoms with Gasteiger partial charge in [0.05, 0.1) is 0 Å². The van der Waals surface area contributed by atoms with Crippen LogP contribution in [0.25, 0.3) is 10.4 Å². The minimum Gasteiger partial charge on any atom is 0 e. The summed E-state index contributed by atoms with van der Waals surface area (Å²) in [6.07, 6.45) is -20.0. The molecule has 0 amide bonds. The smallest absolute Gasteiger partial charge is 0 e. The Morgan fingerprint density at radius 3 is 1.06 bits per heavy atom. The van der Waals surface area contributed by atoms with Gasteiger partial charge in [-0.15, -0.1) is 0 Å². The van der Waals surface area contributed by atoms with Gasteiger partial charge in [-0.1, -0.05) is 0 Å². The molecule has 9 fully saturated rings. The molecule has 9 rings (SSSR count). The number of rotatable bonds is 29. The summed E-state index contributed by atoms with van der Waals surface area (Å²) in [5.74, 6) is -26.5. The Morgan fingerprint density at radius 1 is 0.410 bits per heavy atom. The molecule has 139 heavy (non-hydrogen) atoms. The first-order chi connectivity index (χ1) is 59.4. The first-order valence-electron chi connectivity index (χ1n) is 37.9. The average Bonchev–Trinajstić information content (AvgIpc) is 1.59. The van der Waals surface area contributed by atoms with E-state index in [1.165, 1.54) is 183 Å². The molecule has 763 valence electrons. The van der Waals surface area contributed by atoms with Crippen LogP contribution in [0.2, 0.25) is 5.82 Å². The molecule has 0 aromatic heterocycles. The van der Waals surface area contributed by atoms with Crippen molar-refractivity contribution >= 4 is 134 Å². The van der Waals surface area contributed by atoms with Crippen molar-refractivity contribution in [3.63, 3.8) is 0 Å². The fourth-order valence-electron chi connectivity index (χ4n) is 11.6. The second-order valence-electron chi connectivity index (χ2n) is 29.6. The topological polar surface area (TPSA) is 492 Å². The van der Waals surface area contributed by atoms with Crippen LogP contribution in [0.1, 0.15) is 26.7 Å². The van der Waals surface area contributed by atoms with E-state index in [2.05, 4.69) is 14.8 Å². The van der Waals surface area contributed by atoms with Crippen LogP contribution >= 0.6 is 63.8 Å². The fraction of sp³-hybridized carbons (Fsp3) is 0.983. The second-order valence-corrected chi connectivity index (χ2v) is 98.2. The number of aliphatic hydroxyl groups is 13. The first kappa shape index (κ1) is 174. The van der Waals surface area contributed by atoms with Gasteiger partial charge in [0.15, 0.2) is 0 Å². The second kappa shape index (κ2) is 84.1. The molecule has 8 heterocycles. The summed E-state index contributed by atoms with van der Waals surface area (Å²) in [4.78, 5) is 2.49. The third kappa shape index (κ3) is 59.6. The molecular formula is C59H105B9F9N4O30P9SW9Y9. The first-order valence-corrected chi connectivity index (χ1v) is 94.7. The molecule has 27 radical (unpaired) electrons. The Bertz CT molecular complexity index is 3710. The number of halogens is 9. The van der Waals surface area contributed by atoms with Gasteiger partial charge in [-0.05, 0) is 0 Å². The maximum absolute atomic E-state index is 14.1. The molecular weight excluding hydrogens is 4280 g/mol. The van der Waals surface area contributed by atoms with E-state index in [4.69, 9.17) is 160 Å². The number of methoxy groups -OCH3 is 1. The summed E-state index contributed by atoms with van der Waals surface area (Å²) >= 11 is 12.2. The summed E-state index contributed by atoms with van der Waals surface area (Å²) < 4.78 is 210. The normalized spacial score (nSPS) is 40.9. The molecule has 1 saturated carbocycles. The van der Waals surface area contributed by atoms with Crippen molar-refractivity contribution in [2.24, 2.45) is 17.0 Å². The van der Waals surface area contributed by atoms with Crippen molar-refractivity contribution in [3.8, 4) is 6.07 Å². The number of hydrogen-bond acceptors (Lipinski definition) is 33. The van der Waals surface area contributed by atoms with Gasteiger partial charge in [0.25, 0.3) is 0 Å². The summed E-state index contributed by atoms with van der Waals surface area (Å²) in [6, 6.07) is -6.72. The van der Waals surface area contributed by atoms with E-state index in [-0.39, 0.29) is 353 Å². The number of hydrogen-bond donors (Lipinski definition) is 13. The van der Waals surface area contributed by atoms with Crippen LogP contribution in [0, 0.1) is 23.2 Å². The molecule has 1 aliphatic carbocycles. The van der Waals surface area contributed by atoms with Crippen molar-refractivity contribution in [2.75, 3.05) is 120 Å². The molecule has 80 heteroatoms. The van der Waals surface area contributed by atoms with Crippen molar-refractivity contribution in [1.82, 2.24) is 0 Å². The zero-order valence-electron chi connectivity index (χ0n) is 76.6. The maximum atomic E-state index is 14.1. The summed E-state index contributed by atoms with van der Waals surface area (Å²) in [5, 5.41) is 131. The SMILES string of the molecule is [B][C@@H]1C[C@](F)(CO[PH](C)=[W])[C@@H](O)[C@H]1O.[B][C@@H]1O[C@](F)(C(C)O[PH](C)=[W])[C@@H](O)[C@H]1O.[B][C@@H]1O[C@](F)(CO[PH](C)=[W])C[C@H]1O.[B][C@@H]1O[C@](F)(CO[PH](C)=[W])[C@@H](O)[C@H]1C.[B][C@@H]1O[C@](F)(CO[PH](C)=[W])[C@@H](O)[C@H]1C#N.[B][C@@H]1O[C@](F)(CO[PH](C)=[W])[C@@H](O)[C@H]1N=[N+]=[N-].[B][C@@H]1O[C@](F)(CO[PH](C)=[W])[C@@H](O)[C@H]1O.[B][C@@H]1O[C@](F)(CO[PH](C)=[W])[C@@H](O)[C@H]1OC.[B][C@@H]1S[C@](F)(CO[PH](C)=[W])[C@@H](O)[C@H]1O.[Y].[Y].[Y].[Y].[Y].[Y].[Y].[Y].[Y]. The van der Waals surface area contributed by atoms with Gasteiger partial charge >= 0.3 is 876 Å². The van der Waals surface area contributed by atoms with E-state index in [0.717, 1.165) is 11.8 Å². The summed E-state index contributed by atoms with van der Waals surface area (Å²) in [7, 11) is 49.8. The van der Waals surface area contributed by atoms with Crippen molar-refractivity contribution in [2.45, 2.75) is 229 Å². The molecule has 0 bridgehead atoms. The van der Waals surface area contributed by atoms with Crippen LogP contribution in [0.5, 0.6) is 0 Å². The Kier molecular flexibility index (Phi) is 105. The van der Waals surface area contributed by atoms with Crippen LogP contribution in [0.15, 0.2) is 5.11 Å². The number of nitriles is 1. The molecule has 10 unspecified atom stereocenters. The van der Waals surface area contributed by atoms with Crippen molar-refractivity contribution < 1.29 is 648 Å². The molecule has 34 nitrogen and oxygen atoms in total. The molecule has 0 aromatic carbocycles. The van der Waals surface area contributed by atoms with Gasteiger partial charge in [0.1, 0.15) is 0 Å². The van der Waals surface area contributed by atoms with Gasteiger partial charge in [-0.2, -0.15) is 0 Å². The van der Waals surface area contributed by atoms with Crippen LogP contribution in [-0.4, -0.2) is 453 Å². The van der Waals surface area contributed by atoms with Gasteiger partial charge < -0.3 is 0 Å². The number of aliphatic hydroxyl groups excluding tert-OH is 13. The quantitative estimate of drug-likeness (QED) is 0.0109. The third-order valence-corrected chi connectivity index (χ3v) is 36.4. The monoisotopic (exact) mass is 4390 g/mol. The Labute approximate surface area is 1150 Å². The largest absolute Gasteiger partial charge is 0 e. The minimum atomic E-state index is -2.42. The van der Waals surface area contributed by atoms with Crippen molar-refractivity contribution in [3.05, 3.63) is 10.4 Å². The standard InChI is InChI=1S/C7H10BFNO3P.2C7H13BFO4P.2C7H13BFO3P.C6H10BFN3O3P.C6H11BFO4P.C6H11BFO3PS.C6H11BFO3P.9W.9Y/c1-14-12-3-7(9)5(11)4(2-10)6(8)13-7;1-11-4-5(10)7(9,3-12-14-2)13-6(4)8;1-3(13-14-2)7(9)5(11)4(10)6(8)12-7;1-13-12-3-7(9)2-4(8)5(10)6(7)11;1-4-5(10)7(9,3-11-13-2)12-6(4)8;1-15-13-2-6(8)4(12)3(10-11-9)5(7)14-6;1-13-11-2-6(8)4(10)3(9)5(7)12-6;1-12-11-2-6(8)4(10)3(9)5(7)13-6;1-12-10-3-6(8)2-4(9)5(7)11-6;;;;;;;;;;;;;;;;;;/h4-6,11,14H,3H2,1H3;4-6,10,14H,3H2,1-2H3;3-6,10-11,14H,1-2H3;4-6,10-11,13H,2-3H2,1H3;4-6,10,13H,3H2,1-2H3;3-5,12,15H,2H2,1H3;3-5,9-10,13H,2H2,1H3;3-5,9-10,12H,2H2,1H3;4-5,9,12H,2-3H2,1H3;;;;;;;;;;;;;;;;;;/t2*4-,5+,6-,7-;3?,4-,5+,6-,7-;4-,5+,6+,7+;4-,5+,6-,7-;3*3-,4+,5-,6-;4-,5-,6+;;;;;;;;;;;;;;;;;;/m111111111................../s1. The van der Waals surface area contributed by atoms with E-state index < -0.39 is 273 Å². The summed E-state index contributed by atoms with van der Waals surface area (Å²) in [5.41, 5.74) is 6.37. The van der Waals surface area contributed by atoms with E-state index in [0.29, 0.717) is 0 Å². The Morgan fingerprint density at radius 2 is 0.755 bits per heavy atom. The van der Waals surface area contributed by atoms with Gasteiger partial charge in [0.2, 0.25) is 0 Å². The van der Waals surface area contributed by atoms with Gasteiger partial charge in [-0.25, -0.2) is 0 Å². The van der Waals surface area contributed by atoms with E-state index in [1.807, 2.05) is 60.0 Å². The van der Waals surface area contributed by atoms with Crippen LogP contribution < -0.4 is 0 Å². The molecule has 0 aromatic rings. The predicted molar refractivity (Wildman–Crippen MR) is 451 cm³/mol. The maximum Gasteiger partial charge on any atom is 0 e. The number of azide groups is 1. The zero-order valence-corrected chi connectivity index (χ0v) is 138. The van der Waals surface area contributed by atoms with Crippen LogP contribution in [0.4, 0.5) is 39.5 Å². The van der Waals surface area contributed by atoms with Gasteiger partial charge in [0, 0.05) is 294 Å². The predicted octanol–water partition coefficient (Wildman–Crippen LogP) is -0.758. The van der Waals surface area contributed by atoms with Crippen LogP contribution in [-0.2, 0) is 542 Å². The molecule has 8 aliphatic heterocycles. The fourth-order valence-corrected chi connectivity index (χ4v) is 23.4. The Balaban J connectivity index is -0.000000194. The molecule has 0 spiro atoms. The van der Waals surface area contributed by atoms with Gasteiger partial charge in [-0.3, -0.25) is 0 Å². The third-order valence-electron chi connectivity index (χ3n) is 18.8. The summed E-state index contributed by atoms with van der Waals surface area (Å²) in [6.45, 7) is 18.0. The number of nitrogens with zero attached hydrogens (tertiary/aromatic N) is 4. The zero-order chi connectivity index (χ0) is 101. The Hall–Kier alpha value is 17.9. The number of alkyl halides is 9. The van der Waals surface area contributed by atoms with E-state index in [9.17, 15) is 101 Å².